The van der Waals surface area contributed by atoms with Crippen molar-refractivity contribution in [3.8, 4) is 0 Å². The average molecular weight is 392 g/mol. The zero-order chi connectivity index (χ0) is 20.8. The van der Waals surface area contributed by atoms with Gasteiger partial charge in [-0.05, 0) is 35.3 Å². The maximum absolute atomic E-state index is 12.8. The highest BCUT2D eigenvalue weighted by Crippen LogP contribution is 2.32. The molecular formula is C24H29N3O2. The van der Waals surface area contributed by atoms with Crippen LogP contribution in [0.5, 0.6) is 0 Å². The molecule has 0 radical (unpaired) electrons. The summed E-state index contributed by atoms with van der Waals surface area (Å²) in [5, 5.41) is 6.55. The van der Waals surface area contributed by atoms with Gasteiger partial charge in [-0.3, -0.25) is 9.59 Å². The fourth-order valence-corrected chi connectivity index (χ4v) is 3.59. The Morgan fingerprint density at radius 3 is 2.41 bits per heavy atom. The van der Waals surface area contributed by atoms with Gasteiger partial charge in [0.25, 0.3) is 0 Å². The van der Waals surface area contributed by atoms with Crippen LogP contribution in [0.3, 0.4) is 0 Å². The number of para-hydroxylation sites is 1. The summed E-state index contributed by atoms with van der Waals surface area (Å²) in [6.45, 7) is 6.32. The molecule has 2 amide bonds. The van der Waals surface area contributed by atoms with Crippen LogP contribution in [0.15, 0.2) is 60.8 Å². The Bertz CT molecular complexity index is 877. The number of fused-ring (bicyclic) bond motifs is 1. The molecule has 0 bridgehead atoms. The second-order valence-corrected chi connectivity index (χ2v) is 7.76. The number of amides is 2. The van der Waals surface area contributed by atoms with Crippen molar-refractivity contribution in [2.45, 2.75) is 39.3 Å². The van der Waals surface area contributed by atoms with Crippen molar-refractivity contribution in [2.75, 3.05) is 11.9 Å². The topological polar surface area (TPSA) is 61.4 Å². The number of nitrogens with zero attached hydrogens (tertiary/aromatic N) is 1. The van der Waals surface area contributed by atoms with E-state index in [1.54, 1.807) is 11.1 Å². The van der Waals surface area contributed by atoms with Crippen molar-refractivity contribution in [1.82, 2.24) is 10.2 Å². The predicted octanol–water partition coefficient (Wildman–Crippen LogP) is 4.20. The van der Waals surface area contributed by atoms with E-state index in [9.17, 15) is 9.59 Å². The van der Waals surface area contributed by atoms with E-state index in [1.807, 2.05) is 60.7 Å². The molecule has 0 aliphatic carbocycles. The molecule has 0 saturated heterocycles. The fourth-order valence-electron chi connectivity index (χ4n) is 3.59. The van der Waals surface area contributed by atoms with E-state index < -0.39 is 0 Å². The van der Waals surface area contributed by atoms with Crippen LogP contribution in [0.25, 0.3) is 6.08 Å². The van der Waals surface area contributed by atoms with Gasteiger partial charge in [0.15, 0.2) is 0 Å². The molecule has 2 aromatic carbocycles. The first kappa shape index (κ1) is 20.6. The minimum atomic E-state index is -0.284. The van der Waals surface area contributed by atoms with E-state index in [0.29, 0.717) is 12.5 Å². The molecule has 1 aliphatic heterocycles. The lowest BCUT2D eigenvalue weighted by Gasteiger charge is -2.32. The number of benzene rings is 2. The van der Waals surface area contributed by atoms with Gasteiger partial charge >= 0.3 is 0 Å². The molecule has 1 aliphatic rings. The summed E-state index contributed by atoms with van der Waals surface area (Å²) < 4.78 is 0. The van der Waals surface area contributed by atoms with Gasteiger partial charge in [-0.2, -0.15) is 0 Å². The summed E-state index contributed by atoms with van der Waals surface area (Å²) in [6.07, 6.45) is 3.93. The van der Waals surface area contributed by atoms with Crippen molar-refractivity contribution in [3.63, 3.8) is 0 Å². The lowest BCUT2D eigenvalue weighted by atomic mass is 9.93. The van der Waals surface area contributed by atoms with Gasteiger partial charge in [0, 0.05) is 31.4 Å². The molecule has 2 aromatic rings. The van der Waals surface area contributed by atoms with Crippen LogP contribution in [0, 0.1) is 5.92 Å². The van der Waals surface area contributed by atoms with Crippen LogP contribution >= 0.6 is 0 Å². The summed E-state index contributed by atoms with van der Waals surface area (Å²) in [7, 11) is 0. The van der Waals surface area contributed by atoms with Crippen LogP contribution in [0.4, 0.5) is 5.69 Å². The van der Waals surface area contributed by atoms with E-state index in [4.69, 9.17) is 0 Å². The lowest BCUT2D eigenvalue weighted by Crippen LogP contribution is -2.41. The monoisotopic (exact) mass is 391 g/mol. The van der Waals surface area contributed by atoms with Crippen LogP contribution in [-0.2, 0) is 9.59 Å². The first-order chi connectivity index (χ1) is 14.0. The summed E-state index contributed by atoms with van der Waals surface area (Å²) in [5.41, 5.74) is 3.09. The van der Waals surface area contributed by atoms with E-state index in [0.717, 1.165) is 16.8 Å². The number of hydrogen-bond donors (Lipinski definition) is 2. The van der Waals surface area contributed by atoms with Crippen molar-refractivity contribution in [1.29, 1.82) is 0 Å². The lowest BCUT2D eigenvalue weighted by molar-refractivity contribution is -0.129. The Kier molecular flexibility index (Phi) is 6.70. The molecule has 29 heavy (non-hydrogen) atoms. The molecule has 2 N–H and O–H groups in total. The SMILES string of the molecule is CC(=O)N1C=Cc2ccccc2C1CC(=O)NCC(Nc1ccccc1)C(C)C. The fraction of sp³-hybridized carbons (Fsp3) is 0.333. The number of rotatable bonds is 7. The standard InChI is InChI=1S/C24H29N3O2/c1-17(2)22(26-20-10-5-4-6-11-20)16-25-24(29)15-23-21-12-8-7-9-19(21)13-14-27(23)18(3)28/h4-14,17,22-23,26H,15-16H2,1-3H3,(H,25,29). The summed E-state index contributed by atoms with van der Waals surface area (Å²) >= 11 is 0. The van der Waals surface area contributed by atoms with Gasteiger partial charge < -0.3 is 15.5 Å². The molecule has 1 heterocycles. The van der Waals surface area contributed by atoms with Gasteiger partial charge in [0.05, 0.1) is 12.5 Å². The molecule has 2 atom stereocenters. The van der Waals surface area contributed by atoms with Crippen LogP contribution in [0.2, 0.25) is 0 Å². The molecule has 0 fully saturated rings. The summed E-state index contributed by atoms with van der Waals surface area (Å²) in [5.74, 6) is 0.216. The maximum atomic E-state index is 12.8. The van der Waals surface area contributed by atoms with Crippen LogP contribution in [-0.4, -0.2) is 29.3 Å². The summed E-state index contributed by atoms with van der Waals surface area (Å²) in [6, 6.07) is 17.7. The second-order valence-electron chi connectivity index (χ2n) is 7.76. The van der Waals surface area contributed by atoms with Crippen LogP contribution in [0.1, 0.15) is 44.4 Å². The third-order valence-electron chi connectivity index (χ3n) is 5.30. The molecule has 152 valence electrons. The Morgan fingerprint density at radius 1 is 1.03 bits per heavy atom. The maximum Gasteiger partial charge on any atom is 0.223 e. The second kappa shape index (κ2) is 9.41. The van der Waals surface area contributed by atoms with Gasteiger partial charge in [-0.1, -0.05) is 56.3 Å². The number of carbonyl (C=O) groups is 2. The normalized spacial score (nSPS) is 16.3. The van der Waals surface area contributed by atoms with Gasteiger partial charge in [-0.15, -0.1) is 0 Å². The van der Waals surface area contributed by atoms with E-state index >= 15 is 0 Å². The smallest absolute Gasteiger partial charge is 0.223 e. The molecule has 0 aromatic heterocycles. The van der Waals surface area contributed by atoms with Crippen molar-refractivity contribution in [2.24, 2.45) is 5.92 Å². The van der Waals surface area contributed by atoms with Crippen molar-refractivity contribution < 1.29 is 9.59 Å². The minimum absolute atomic E-state index is 0.0631. The first-order valence-electron chi connectivity index (χ1n) is 10.1. The Hall–Kier alpha value is -3.08. The van der Waals surface area contributed by atoms with E-state index in [1.165, 1.54) is 6.92 Å². The molecule has 3 rings (SSSR count). The highest BCUT2D eigenvalue weighted by molar-refractivity contribution is 5.81. The third-order valence-corrected chi connectivity index (χ3v) is 5.30. The highest BCUT2D eigenvalue weighted by Gasteiger charge is 2.28. The Balaban J connectivity index is 1.65. The summed E-state index contributed by atoms with van der Waals surface area (Å²) in [4.78, 5) is 26.5. The highest BCUT2D eigenvalue weighted by atomic mass is 16.2. The number of carbonyl (C=O) groups excluding carboxylic acids is 2. The molecule has 5 heteroatoms. The number of nitrogens with one attached hydrogen (secondary N) is 2. The van der Waals surface area contributed by atoms with Crippen LogP contribution < -0.4 is 10.6 Å². The first-order valence-corrected chi connectivity index (χ1v) is 10.1. The third kappa shape index (κ3) is 5.25. The van der Waals surface area contributed by atoms with E-state index in [2.05, 4.69) is 24.5 Å². The van der Waals surface area contributed by atoms with Crippen molar-refractivity contribution >= 4 is 23.6 Å². The average Bonchev–Trinajstić information content (AvgIpc) is 2.71. The van der Waals surface area contributed by atoms with Gasteiger partial charge in [0.1, 0.15) is 0 Å². The molecule has 0 saturated carbocycles. The Morgan fingerprint density at radius 2 is 1.72 bits per heavy atom. The quantitative estimate of drug-likeness (QED) is 0.743. The molecule has 2 unspecified atom stereocenters. The minimum Gasteiger partial charge on any atom is -0.380 e. The van der Waals surface area contributed by atoms with Gasteiger partial charge in [0.2, 0.25) is 11.8 Å². The Labute approximate surface area is 172 Å². The van der Waals surface area contributed by atoms with E-state index in [-0.39, 0.29) is 30.3 Å². The number of hydrogen-bond acceptors (Lipinski definition) is 3. The molecule has 5 nitrogen and oxygen atoms in total. The zero-order valence-electron chi connectivity index (χ0n) is 17.3. The number of anilines is 1. The largest absolute Gasteiger partial charge is 0.380 e. The van der Waals surface area contributed by atoms with Gasteiger partial charge in [-0.25, -0.2) is 0 Å². The van der Waals surface area contributed by atoms with Crippen molar-refractivity contribution in [3.05, 3.63) is 71.9 Å². The predicted molar refractivity (Wildman–Crippen MR) is 117 cm³/mol. The zero-order valence-corrected chi connectivity index (χ0v) is 17.3. The molecular weight excluding hydrogens is 362 g/mol. The molecule has 0 spiro atoms.